The predicted octanol–water partition coefficient (Wildman–Crippen LogP) is 3.23. The van der Waals surface area contributed by atoms with Crippen molar-refractivity contribution in [1.82, 2.24) is 5.32 Å². The van der Waals surface area contributed by atoms with Crippen molar-refractivity contribution in [3.8, 4) is 0 Å². The lowest BCUT2D eigenvalue weighted by molar-refractivity contribution is -0.384. The van der Waals surface area contributed by atoms with E-state index in [0.29, 0.717) is 5.69 Å². The van der Waals surface area contributed by atoms with E-state index in [4.69, 9.17) is 11.6 Å². The fourth-order valence-corrected chi connectivity index (χ4v) is 2.46. The topological polar surface area (TPSA) is 101 Å². The molecular formula is C17H16ClN3O4. The lowest BCUT2D eigenvalue weighted by atomic mass is 10.1. The van der Waals surface area contributed by atoms with E-state index in [1.807, 2.05) is 32.0 Å². The smallest absolute Gasteiger partial charge is 0.270 e. The van der Waals surface area contributed by atoms with Gasteiger partial charge < -0.3 is 10.6 Å². The maximum absolute atomic E-state index is 12.1. The number of carbonyl (C=O) groups is 2. The molecule has 0 unspecified atom stereocenters. The number of nitro groups is 1. The zero-order valence-corrected chi connectivity index (χ0v) is 14.4. The van der Waals surface area contributed by atoms with Gasteiger partial charge in [0.05, 0.1) is 22.1 Å². The lowest BCUT2D eigenvalue weighted by Crippen LogP contribution is -2.33. The van der Waals surface area contributed by atoms with E-state index in [-0.39, 0.29) is 22.8 Å². The van der Waals surface area contributed by atoms with Crippen LogP contribution in [-0.2, 0) is 4.79 Å². The molecule has 0 aromatic heterocycles. The minimum Gasteiger partial charge on any atom is -0.343 e. The van der Waals surface area contributed by atoms with Gasteiger partial charge in [-0.1, -0.05) is 29.8 Å². The Labute approximate surface area is 149 Å². The zero-order chi connectivity index (χ0) is 18.6. The van der Waals surface area contributed by atoms with Crippen LogP contribution in [0, 0.1) is 24.0 Å². The molecule has 0 saturated carbocycles. The summed E-state index contributed by atoms with van der Waals surface area (Å²) in [6, 6.07) is 9.15. The third kappa shape index (κ3) is 4.54. The molecular weight excluding hydrogens is 346 g/mol. The zero-order valence-electron chi connectivity index (χ0n) is 13.6. The van der Waals surface area contributed by atoms with Gasteiger partial charge in [0, 0.05) is 17.8 Å². The van der Waals surface area contributed by atoms with Gasteiger partial charge in [-0.2, -0.15) is 0 Å². The standard InChI is InChI=1S/C17H16ClN3O4/c1-10-4-3-5-11(2)16(10)20-15(22)9-19-17(23)13-8-12(21(24)25)6-7-14(13)18/h3-8H,9H2,1-2H3,(H,19,23)(H,20,22). The number of anilines is 1. The Hall–Kier alpha value is -2.93. The molecule has 8 heteroatoms. The van der Waals surface area contributed by atoms with Crippen LogP contribution in [0.2, 0.25) is 5.02 Å². The average molecular weight is 362 g/mol. The summed E-state index contributed by atoms with van der Waals surface area (Å²) in [4.78, 5) is 34.3. The molecule has 0 aliphatic rings. The number of hydrogen-bond acceptors (Lipinski definition) is 4. The number of hydrogen-bond donors (Lipinski definition) is 2. The van der Waals surface area contributed by atoms with E-state index in [1.54, 1.807) is 0 Å². The van der Waals surface area contributed by atoms with Crippen LogP contribution >= 0.6 is 11.6 Å². The van der Waals surface area contributed by atoms with Gasteiger partial charge >= 0.3 is 0 Å². The van der Waals surface area contributed by atoms with Crippen LogP contribution in [0.1, 0.15) is 21.5 Å². The van der Waals surface area contributed by atoms with Crippen molar-refractivity contribution in [2.24, 2.45) is 0 Å². The number of para-hydroxylation sites is 1. The second kappa shape index (κ2) is 7.76. The summed E-state index contributed by atoms with van der Waals surface area (Å²) in [5.41, 5.74) is 2.18. The molecule has 2 amide bonds. The minimum absolute atomic E-state index is 0.0595. The summed E-state index contributed by atoms with van der Waals surface area (Å²) < 4.78 is 0. The summed E-state index contributed by atoms with van der Waals surface area (Å²) in [5, 5.41) is 16.0. The van der Waals surface area contributed by atoms with Gasteiger partial charge in [0.15, 0.2) is 0 Å². The van der Waals surface area contributed by atoms with Crippen LogP contribution in [0.15, 0.2) is 36.4 Å². The van der Waals surface area contributed by atoms with Crippen molar-refractivity contribution < 1.29 is 14.5 Å². The average Bonchev–Trinajstić information content (AvgIpc) is 2.56. The Kier molecular flexibility index (Phi) is 5.71. The van der Waals surface area contributed by atoms with Gasteiger partial charge in [0.1, 0.15) is 0 Å². The molecule has 0 spiro atoms. The number of aryl methyl sites for hydroxylation is 2. The largest absolute Gasteiger partial charge is 0.343 e. The quantitative estimate of drug-likeness (QED) is 0.630. The third-order valence-electron chi connectivity index (χ3n) is 3.56. The summed E-state index contributed by atoms with van der Waals surface area (Å²) in [5.74, 6) is -1.07. The van der Waals surface area contributed by atoms with Crippen LogP contribution in [0.4, 0.5) is 11.4 Å². The van der Waals surface area contributed by atoms with Gasteiger partial charge in [-0.05, 0) is 31.0 Å². The maximum Gasteiger partial charge on any atom is 0.270 e. The monoisotopic (exact) mass is 361 g/mol. The number of nitro benzene ring substituents is 1. The third-order valence-corrected chi connectivity index (χ3v) is 3.89. The molecule has 0 fully saturated rings. The molecule has 2 N–H and O–H groups in total. The van der Waals surface area contributed by atoms with Crippen LogP contribution in [0.5, 0.6) is 0 Å². The molecule has 0 radical (unpaired) electrons. The van der Waals surface area contributed by atoms with Crippen molar-refractivity contribution >= 4 is 34.8 Å². The van der Waals surface area contributed by atoms with Gasteiger partial charge in [0.25, 0.3) is 11.6 Å². The molecule has 0 aliphatic carbocycles. The molecule has 0 heterocycles. The highest BCUT2D eigenvalue weighted by Crippen LogP contribution is 2.22. The van der Waals surface area contributed by atoms with Gasteiger partial charge in [-0.3, -0.25) is 19.7 Å². The molecule has 25 heavy (non-hydrogen) atoms. The Balaban J connectivity index is 2.04. The first-order valence-corrected chi connectivity index (χ1v) is 7.75. The summed E-state index contributed by atoms with van der Waals surface area (Å²) in [6.45, 7) is 3.44. The van der Waals surface area contributed by atoms with Gasteiger partial charge in [-0.25, -0.2) is 0 Å². The second-order valence-electron chi connectivity index (χ2n) is 5.42. The first-order chi connectivity index (χ1) is 11.8. The highest BCUT2D eigenvalue weighted by atomic mass is 35.5. The van der Waals surface area contributed by atoms with E-state index in [2.05, 4.69) is 10.6 Å². The van der Waals surface area contributed by atoms with Gasteiger partial charge in [-0.15, -0.1) is 0 Å². The summed E-state index contributed by atoms with van der Waals surface area (Å²) in [6.07, 6.45) is 0. The van der Waals surface area contributed by atoms with Crippen molar-refractivity contribution in [2.75, 3.05) is 11.9 Å². The van der Waals surface area contributed by atoms with Crippen LogP contribution in [0.25, 0.3) is 0 Å². The number of nitrogens with zero attached hydrogens (tertiary/aromatic N) is 1. The molecule has 7 nitrogen and oxygen atoms in total. The number of benzene rings is 2. The predicted molar refractivity (Wildman–Crippen MR) is 95.0 cm³/mol. The van der Waals surface area contributed by atoms with E-state index in [0.717, 1.165) is 17.2 Å². The van der Waals surface area contributed by atoms with Crippen LogP contribution in [0.3, 0.4) is 0 Å². The first-order valence-electron chi connectivity index (χ1n) is 7.38. The van der Waals surface area contributed by atoms with Crippen LogP contribution in [-0.4, -0.2) is 23.3 Å². The molecule has 130 valence electrons. The van der Waals surface area contributed by atoms with Crippen molar-refractivity contribution in [1.29, 1.82) is 0 Å². The molecule has 0 bridgehead atoms. The fourth-order valence-electron chi connectivity index (χ4n) is 2.25. The number of rotatable bonds is 5. The van der Waals surface area contributed by atoms with E-state index < -0.39 is 16.7 Å². The number of amides is 2. The SMILES string of the molecule is Cc1cccc(C)c1NC(=O)CNC(=O)c1cc([N+](=O)[O-])ccc1Cl. The second-order valence-corrected chi connectivity index (χ2v) is 5.83. The molecule has 2 aromatic rings. The van der Waals surface area contributed by atoms with E-state index in [9.17, 15) is 19.7 Å². The van der Waals surface area contributed by atoms with Gasteiger partial charge in [0.2, 0.25) is 5.91 Å². The molecule has 0 saturated heterocycles. The number of non-ortho nitro benzene ring substituents is 1. The number of nitrogens with one attached hydrogen (secondary N) is 2. The molecule has 0 atom stereocenters. The molecule has 2 rings (SSSR count). The lowest BCUT2D eigenvalue weighted by Gasteiger charge is -2.12. The van der Waals surface area contributed by atoms with Crippen LogP contribution < -0.4 is 10.6 Å². The Morgan fingerprint density at radius 1 is 1.16 bits per heavy atom. The minimum atomic E-state index is -0.662. The molecule has 0 aliphatic heterocycles. The summed E-state index contributed by atoms with van der Waals surface area (Å²) >= 11 is 5.90. The fraction of sp³-hybridized carbons (Fsp3) is 0.176. The molecule has 2 aromatic carbocycles. The van der Waals surface area contributed by atoms with Crippen molar-refractivity contribution in [3.63, 3.8) is 0 Å². The Morgan fingerprint density at radius 2 is 1.80 bits per heavy atom. The number of halogens is 1. The number of carbonyl (C=O) groups excluding carboxylic acids is 2. The van der Waals surface area contributed by atoms with E-state index >= 15 is 0 Å². The van der Waals surface area contributed by atoms with E-state index in [1.165, 1.54) is 12.1 Å². The first kappa shape index (κ1) is 18.4. The highest BCUT2D eigenvalue weighted by molar-refractivity contribution is 6.34. The summed E-state index contributed by atoms with van der Waals surface area (Å²) in [7, 11) is 0. The normalized spacial score (nSPS) is 10.2. The van der Waals surface area contributed by atoms with Crippen molar-refractivity contribution in [3.05, 3.63) is 68.2 Å². The highest BCUT2D eigenvalue weighted by Gasteiger charge is 2.17. The Morgan fingerprint density at radius 3 is 2.40 bits per heavy atom. The Bertz CT molecular complexity index is 832. The van der Waals surface area contributed by atoms with Crippen molar-refractivity contribution in [2.45, 2.75) is 13.8 Å². The maximum atomic E-state index is 12.1.